The lowest BCUT2D eigenvalue weighted by Gasteiger charge is -2.14. The molecule has 0 saturated carbocycles. The van der Waals surface area contributed by atoms with Crippen molar-refractivity contribution in [3.8, 4) is 11.1 Å². The van der Waals surface area contributed by atoms with Crippen LogP contribution in [-0.4, -0.2) is 40.7 Å². The molecular formula is C26H25N3O5S. The maximum absolute atomic E-state index is 12.4. The minimum Gasteiger partial charge on any atom is -0.480 e. The SMILES string of the molecule is C=CCCC(NC(=O)c1cnc(CNC(=O)OCC2c3ccccc3-c3ccccc32)s1)C(=O)O. The predicted molar refractivity (Wildman–Crippen MR) is 132 cm³/mol. The number of nitrogens with one attached hydrogen (secondary N) is 2. The Morgan fingerprint density at radius 3 is 2.40 bits per heavy atom. The lowest BCUT2D eigenvalue weighted by Crippen LogP contribution is -2.40. The number of carbonyl (C=O) groups excluding carboxylic acids is 2. The number of carboxylic acids is 1. The number of amides is 2. The van der Waals surface area contributed by atoms with E-state index in [2.05, 4.69) is 46.5 Å². The summed E-state index contributed by atoms with van der Waals surface area (Å²) in [7, 11) is 0. The molecule has 1 atom stereocenters. The van der Waals surface area contributed by atoms with E-state index >= 15 is 0 Å². The molecule has 4 rings (SSSR count). The summed E-state index contributed by atoms with van der Waals surface area (Å²) >= 11 is 1.08. The van der Waals surface area contributed by atoms with E-state index in [1.54, 1.807) is 6.08 Å². The number of carbonyl (C=O) groups is 3. The predicted octanol–water partition coefficient (Wildman–Crippen LogP) is 4.33. The number of carboxylic acid groups (broad SMARTS) is 1. The molecule has 0 aliphatic heterocycles. The fourth-order valence-electron chi connectivity index (χ4n) is 4.07. The molecule has 8 nitrogen and oxygen atoms in total. The Labute approximate surface area is 206 Å². The second kappa shape index (κ2) is 11.0. The molecule has 2 aromatic carbocycles. The summed E-state index contributed by atoms with van der Waals surface area (Å²) in [6, 6.07) is 15.2. The Kier molecular flexibility index (Phi) is 7.57. The third-order valence-electron chi connectivity index (χ3n) is 5.77. The minimum absolute atomic E-state index is 0.0356. The molecule has 1 aliphatic rings. The van der Waals surface area contributed by atoms with E-state index in [-0.39, 0.29) is 30.4 Å². The number of aromatic nitrogens is 1. The highest BCUT2D eigenvalue weighted by atomic mass is 32.1. The number of aliphatic carboxylic acids is 1. The van der Waals surface area contributed by atoms with Gasteiger partial charge in [-0.15, -0.1) is 17.9 Å². The number of nitrogens with zero attached hydrogens (tertiary/aromatic N) is 1. The Balaban J connectivity index is 1.30. The number of alkyl carbamates (subject to hydrolysis) is 1. The fourth-order valence-corrected chi connectivity index (χ4v) is 4.83. The van der Waals surface area contributed by atoms with Crippen LogP contribution in [-0.2, 0) is 16.1 Å². The summed E-state index contributed by atoms with van der Waals surface area (Å²) in [5.74, 6) is -1.67. The van der Waals surface area contributed by atoms with E-state index in [4.69, 9.17) is 4.74 Å². The van der Waals surface area contributed by atoms with Crippen molar-refractivity contribution in [3.63, 3.8) is 0 Å². The van der Waals surface area contributed by atoms with Gasteiger partial charge in [-0.25, -0.2) is 14.6 Å². The second-order valence-corrected chi connectivity index (χ2v) is 9.14. The summed E-state index contributed by atoms with van der Waals surface area (Å²) in [5, 5.41) is 14.9. The van der Waals surface area contributed by atoms with E-state index in [1.165, 1.54) is 6.20 Å². The molecule has 180 valence electrons. The van der Waals surface area contributed by atoms with Gasteiger partial charge < -0.3 is 20.5 Å². The third kappa shape index (κ3) is 5.58. The Bertz CT molecular complexity index is 1210. The molecule has 1 unspecified atom stereocenters. The van der Waals surface area contributed by atoms with Gasteiger partial charge in [0.25, 0.3) is 5.91 Å². The van der Waals surface area contributed by atoms with Crippen molar-refractivity contribution in [3.05, 3.63) is 88.4 Å². The molecule has 1 aromatic heterocycles. The lowest BCUT2D eigenvalue weighted by atomic mass is 9.98. The molecule has 9 heteroatoms. The molecule has 3 aromatic rings. The van der Waals surface area contributed by atoms with E-state index in [9.17, 15) is 19.5 Å². The van der Waals surface area contributed by atoms with Gasteiger partial charge in [-0.1, -0.05) is 54.6 Å². The van der Waals surface area contributed by atoms with E-state index < -0.39 is 24.0 Å². The number of ether oxygens (including phenoxy) is 1. The average Bonchev–Trinajstić information content (AvgIpc) is 3.47. The molecular weight excluding hydrogens is 466 g/mol. The molecule has 0 bridgehead atoms. The van der Waals surface area contributed by atoms with Crippen molar-refractivity contribution in [2.24, 2.45) is 0 Å². The molecule has 0 spiro atoms. The lowest BCUT2D eigenvalue weighted by molar-refractivity contribution is -0.139. The van der Waals surface area contributed by atoms with Gasteiger partial charge in [-0.05, 0) is 35.1 Å². The Hall–Kier alpha value is -3.98. The smallest absolute Gasteiger partial charge is 0.407 e. The van der Waals surface area contributed by atoms with Crippen molar-refractivity contribution in [1.29, 1.82) is 0 Å². The van der Waals surface area contributed by atoms with Crippen LogP contribution in [0.3, 0.4) is 0 Å². The van der Waals surface area contributed by atoms with Crippen molar-refractivity contribution >= 4 is 29.3 Å². The zero-order chi connectivity index (χ0) is 24.8. The molecule has 3 N–H and O–H groups in total. The normalized spacial score (nSPS) is 12.8. The number of rotatable bonds is 10. The first-order valence-electron chi connectivity index (χ1n) is 11.2. The highest BCUT2D eigenvalue weighted by Crippen LogP contribution is 2.44. The van der Waals surface area contributed by atoms with Gasteiger partial charge in [-0.2, -0.15) is 0 Å². The fraction of sp³-hybridized carbons (Fsp3) is 0.231. The highest BCUT2D eigenvalue weighted by molar-refractivity contribution is 7.13. The van der Waals surface area contributed by atoms with Crippen LogP contribution in [0.5, 0.6) is 0 Å². The van der Waals surface area contributed by atoms with E-state index in [0.717, 1.165) is 33.6 Å². The summed E-state index contributed by atoms with van der Waals surface area (Å²) in [5.41, 5.74) is 4.57. The monoisotopic (exact) mass is 491 g/mol. The van der Waals surface area contributed by atoms with Crippen LogP contribution in [0.1, 0.15) is 44.6 Å². The van der Waals surface area contributed by atoms with Gasteiger partial charge in [-0.3, -0.25) is 4.79 Å². The zero-order valence-electron chi connectivity index (χ0n) is 18.9. The first-order chi connectivity index (χ1) is 17.0. The molecule has 0 radical (unpaired) electrons. The maximum atomic E-state index is 12.4. The second-order valence-electron chi connectivity index (χ2n) is 8.03. The summed E-state index contributed by atoms with van der Waals surface area (Å²) in [6.07, 6.45) is 3.10. The van der Waals surface area contributed by atoms with E-state index in [1.807, 2.05) is 24.3 Å². The molecule has 2 amide bonds. The quantitative estimate of drug-likeness (QED) is 0.363. The van der Waals surface area contributed by atoms with Crippen LogP contribution < -0.4 is 10.6 Å². The number of fused-ring (bicyclic) bond motifs is 3. The number of allylic oxidation sites excluding steroid dienone is 1. The van der Waals surface area contributed by atoms with Gasteiger partial charge in [0.15, 0.2) is 0 Å². The van der Waals surface area contributed by atoms with Gasteiger partial charge in [0.05, 0.1) is 12.7 Å². The van der Waals surface area contributed by atoms with Crippen LogP contribution in [0, 0.1) is 0 Å². The maximum Gasteiger partial charge on any atom is 0.407 e. The highest BCUT2D eigenvalue weighted by Gasteiger charge is 2.29. The zero-order valence-corrected chi connectivity index (χ0v) is 19.7. The Morgan fingerprint density at radius 2 is 1.77 bits per heavy atom. The standard InChI is InChI=1S/C26H25N3O5S/c1-2-3-12-21(25(31)32)29-24(30)22-13-27-23(35-22)14-28-26(33)34-15-20-18-10-6-4-8-16(18)17-9-5-7-11-19(17)20/h2,4-11,13,20-21H,1,3,12,14-15H2,(H,28,33)(H,29,30)(H,31,32). The molecule has 35 heavy (non-hydrogen) atoms. The Morgan fingerprint density at radius 1 is 1.11 bits per heavy atom. The third-order valence-corrected chi connectivity index (χ3v) is 6.76. The summed E-state index contributed by atoms with van der Waals surface area (Å²) in [4.78, 5) is 40.5. The molecule has 0 fully saturated rings. The van der Waals surface area contributed by atoms with Crippen LogP contribution >= 0.6 is 11.3 Å². The topological polar surface area (TPSA) is 118 Å². The van der Waals surface area contributed by atoms with Gasteiger partial charge >= 0.3 is 12.1 Å². The first-order valence-corrected chi connectivity index (χ1v) is 12.0. The van der Waals surface area contributed by atoms with Gasteiger partial charge in [0.1, 0.15) is 22.5 Å². The molecule has 1 aliphatic carbocycles. The number of benzene rings is 2. The minimum atomic E-state index is -1.11. The van der Waals surface area contributed by atoms with Crippen LogP contribution in [0.25, 0.3) is 11.1 Å². The first kappa shape index (κ1) is 24.2. The molecule has 1 heterocycles. The molecule has 0 saturated heterocycles. The van der Waals surface area contributed by atoms with Crippen LogP contribution in [0.2, 0.25) is 0 Å². The van der Waals surface area contributed by atoms with Crippen molar-refractivity contribution in [2.75, 3.05) is 6.61 Å². The average molecular weight is 492 g/mol. The number of hydrogen-bond acceptors (Lipinski definition) is 6. The van der Waals surface area contributed by atoms with E-state index in [0.29, 0.717) is 11.4 Å². The largest absolute Gasteiger partial charge is 0.480 e. The van der Waals surface area contributed by atoms with Crippen LogP contribution in [0.4, 0.5) is 4.79 Å². The number of hydrogen-bond donors (Lipinski definition) is 3. The van der Waals surface area contributed by atoms with Crippen molar-refractivity contribution in [2.45, 2.75) is 31.3 Å². The number of thiazole rings is 1. The van der Waals surface area contributed by atoms with Crippen molar-refractivity contribution < 1.29 is 24.2 Å². The summed E-state index contributed by atoms with van der Waals surface area (Å²) < 4.78 is 5.51. The summed E-state index contributed by atoms with van der Waals surface area (Å²) in [6.45, 7) is 3.86. The van der Waals surface area contributed by atoms with Gasteiger partial charge in [0.2, 0.25) is 0 Å². The van der Waals surface area contributed by atoms with Crippen molar-refractivity contribution in [1.82, 2.24) is 15.6 Å². The van der Waals surface area contributed by atoms with Crippen LogP contribution in [0.15, 0.2) is 67.4 Å². The van der Waals surface area contributed by atoms with Gasteiger partial charge in [0, 0.05) is 5.92 Å².